The van der Waals surface area contributed by atoms with E-state index in [2.05, 4.69) is 0 Å². The van der Waals surface area contributed by atoms with Crippen LogP contribution in [0.15, 0.2) is 23.1 Å². The van der Waals surface area contributed by atoms with Crippen LogP contribution in [-0.2, 0) is 14.8 Å². The molecule has 2 N–H and O–H groups in total. The average molecular weight is 318 g/mol. The lowest BCUT2D eigenvalue weighted by molar-refractivity contribution is 0.0574. The average Bonchev–Trinajstić information content (AvgIpc) is 2.38. The van der Waals surface area contributed by atoms with Crippen LogP contribution in [0, 0.1) is 5.82 Å². The first kappa shape index (κ1) is 17.5. The third kappa shape index (κ3) is 4.23. The van der Waals surface area contributed by atoms with Crippen LogP contribution in [0.25, 0.3) is 0 Å². The minimum Gasteiger partial charge on any atom is -0.383 e. The molecular formula is C13H19FN2O4S. The van der Waals surface area contributed by atoms with Crippen molar-refractivity contribution in [2.45, 2.75) is 24.8 Å². The summed E-state index contributed by atoms with van der Waals surface area (Å²) in [6.45, 7) is 4.23. The number of carbonyl (C=O) groups excluding carboxylic acids is 1. The van der Waals surface area contributed by atoms with Crippen LogP contribution in [-0.4, -0.2) is 45.5 Å². The maximum absolute atomic E-state index is 14.0. The standard InChI is InChI=1S/C13H19FN2O4S/c1-4-16(9(2)8-20-3)13(17)11-6-5-10(7-12(11)14)21(15,18)19/h5-7,9H,4,8H2,1-3H3,(H2,15,18,19). The molecule has 0 heterocycles. The van der Waals surface area contributed by atoms with Gasteiger partial charge in [0.1, 0.15) is 5.82 Å². The maximum atomic E-state index is 14.0. The molecule has 0 bridgehead atoms. The fourth-order valence-electron chi connectivity index (χ4n) is 1.99. The first-order valence-corrected chi connectivity index (χ1v) is 7.89. The van der Waals surface area contributed by atoms with Crippen molar-refractivity contribution in [3.8, 4) is 0 Å². The molecule has 0 aliphatic rings. The molecule has 1 atom stereocenters. The first-order chi connectivity index (χ1) is 9.72. The van der Waals surface area contributed by atoms with E-state index in [0.29, 0.717) is 13.2 Å². The number of amides is 1. The summed E-state index contributed by atoms with van der Waals surface area (Å²) < 4.78 is 41.3. The molecule has 0 spiro atoms. The number of methoxy groups -OCH3 is 1. The van der Waals surface area contributed by atoms with Gasteiger partial charge in [0.2, 0.25) is 10.0 Å². The highest BCUT2D eigenvalue weighted by molar-refractivity contribution is 7.89. The molecular weight excluding hydrogens is 299 g/mol. The lowest BCUT2D eigenvalue weighted by Crippen LogP contribution is -2.41. The van der Waals surface area contributed by atoms with Crippen molar-refractivity contribution in [1.82, 2.24) is 4.90 Å². The molecule has 0 saturated heterocycles. The summed E-state index contributed by atoms with van der Waals surface area (Å²) in [6.07, 6.45) is 0. The molecule has 0 radical (unpaired) electrons. The van der Waals surface area contributed by atoms with Crippen LogP contribution in [0.1, 0.15) is 24.2 Å². The van der Waals surface area contributed by atoms with Crippen molar-refractivity contribution < 1.29 is 22.3 Å². The number of likely N-dealkylation sites (N-methyl/N-ethyl adjacent to an activating group) is 1. The fourth-order valence-corrected chi connectivity index (χ4v) is 2.51. The van der Waals surface area contributed by atoms with Gasteiger partial charge in [-0.25, -0.2) is 17.9 Å². The van der Waals surface area contributed by atoms with E-state index in [-0.39, 0.29) is 16.5 Å². The lowest BCUT2D eigenvalue weighted by atomic mass is 10.1. The quantitative estimate of drug-likeness (QED) is 0.846. The van der Waals surface area contributed by atoms with Gasteiger partial charge in [0.25, 0.3) is 5.91 Å². The number of sulfonamides is 1. The third-order valence-corrected chi connectivity index (χ3v) is 3.95. The highest BCUT2D eigenvalue weighted by Gasteiger charge is 2.23. The minimum absolute atomic E-state index is 0.202. The Morgan fingerprint density at radius 2 is 2.10 bits per heavy atom. The number of benzene rings is 1. The van der Waals surface area contributed by atoms with Crippen LogP contribution in [0.4, 0.5) is 4.39 Å². The van der Waals surface area contributed by atoms with E-state index in [4.69, 9.17) is 9.88 Å². The highest BCUT2D eigenvalue weighted by Crippen LogP contribution is 2.17. The first-order valence-electron chi connectivity index (χ1n) is 6.34. The van der Waals surface area contributed by atoms with Gasteiger partial charge in [-0.3, -0.25) is 4.79 Å². The van der Waals surface area contributed by atoms with Gasteiger partial charge in [0.15, 0.2) is 0 Å². The van der Waals surface area contributed by atoms with E-state index < -0.39 is 21.7 Å². The van der Waals surface area contributed by atoms with E-state index >= 15 is 0 Å². The van der Waals surface area contributed by atoms with E-state index in [9.17, 15) is 17.6 Å². The Morgan fingerprint density at radius 1 is 1.48 bits per heavy atom. The largest absolute Gasteiger partial charge is 0.383 e. The molecule has 0 fully saturated rings. The summed E-state index contributed by atoms with van der Waals surface area (Å²) in [4.78, 5) is 13.4. The molecule has 118 valence electrons. The second-order valence-corrected chi connectivity index (χ2v) is 6.14. The number of ether oxygens (including phenoxy) is 1. The van der Waals surface area contributed by atoms with Gasteiger partial charge in [-0.15, -0.1) is 0 Å². The summed E-state index contributed by atoms with van der Waals surface area (Å²) in [5.41, 5.74) is -0.202. The number of hydrogen-bond acceptors (Lipinski definition) is 4. The van der Waals surface area contributed by atoms with Crippen molar-refractivity contribution in [2.24, 2.45) is 5.14 Å². The zero-order valence-electron chi connectivity index (χ0n) is 12.2. The summed E-state index contributed by atoms with van der Waals surface area (Å²) in [5.74, 6) is -1.45. The van der Waals surface area contributed by atoms with Gasteiger partial charge in [-0.1, -0.05) is 0 Å². The molecule has 1 amide bonds. The van der Waals surface area contributed by atoms with Crippen LogP contribution < -0.4 is 5.14 Å². The fraction of sp³-hybridized carbons (Fsp3) is 0.462. The van der Waals surface area contributed by atoms with Gasteiger partial charge in [0, 0.05) is 13.7 Å². The molecule has 21 heavy (non-hydrogen) atoms. The van der Waals surface area contributed by atoms with Crippen molar-refractivity contribution in [2.75, 3.05) is 20.3 Å². The second kappa shape index (κ2) is 6.97. The van der Waals surface area contributed by atoms with E-state index in [1.165, 1.54) is 12.0 Å². The molecule has 0 saturated carbocycles. The van der Waals surface area contributed by atoms with E-state index in [0.717, 1.165) is 18.2 Å². The Labute approximate surface area is 123 Å². The van der Waals surface area contributed by atoms with Crippen molar-refractivity contribution in [1.29, 1.82) is 0 Å². The Morgan fingerprint density at radius 3 is 2.52 bits per heavy atom. The monoisotopic (exact) mass is 318 g/mol. The van der Waals surface area contributed by atoms with Gasteiger partial charge in [-0.05, 0) is 32.0 Å². The SMILES string of the molecule is CCN(C(=O)c1ccc(S(N)(=O)=O)cc1F)C(C)COC. The van der Waals surface area contributed by atoms with Gasteiger partial charge >= 0.3 is 0 Å². The Bertz CT molecular complexity index is 619. The highest BCUT2D eigenvalue weighted by atomic mass is 32.2. The van der Waals surface area contributed by atoms with Crippen LogP contribution in [0.5, 0.6) is 0 Å². The van der Waals surface area contributed by atoms with Gasteiger partial charge < -0.3 is 9.64 Å². The lowest BCUT2D eigenvalue weighted by Gasteiger charge is -2.27. The molecule has 0 aromatic heterocycles. The number of carbonyl (C=O) groups is 1. The van der Waals surface area contributed by atoms with Crippen LogP contribution in [0.2, 0.25) is 0 Å². The Balaban J connectivity index is 3.12. The summed E-state index contributed by atoms with van der Waals surface area (Å²) in [7, 11) is -2.49. The summed E-state index contributed by atoms with van der Waals surface area (Å²) in [5, 5.41) is 4.92. The Hall–Kier alpha value is -1.51. The molecule has 1 unspecified atom stereocenters. The number of primary sulfonamides is 1. The van der Waals surface area contributed by atoms with Crippen LogP contribution >= 0.6 is 0 Å². The summed E-state index contributed by atoms with van der Waals surface area (Å²) in [6, 6.07) is 2.75. The Kier molecular flexibility index (Phi) is 5.82. The molecule has 1 aromatic carbocycles. The van der Waals surface area contributed by atoms with Crippen molar-refractivity contribution in [3.05, 3.63) is 29.6 Å². The number of nitrogens with zero attached hydrogens (tertiary/aromatic N) is 1. The molecule has 6 nitrogen and oxygen atoms in total. The smallest absolute Gasteiger partial charge is 0.257 e. The second-order valence-electron chi connectivity index (χ2n) is 4.58. The summed E-state index contributed by atoms with van der Waals surface area (Å²) >= 11 is 0. The topological polar surface area (TPSA) is 89.7 Å². The van der Waals surface area contributed by atoms with E-state index in [1.54, 1.807) is 13.8 Å². The van der Waals surface area contributed by atoms with Crippen molar-refractivity contribution >= 4 is 15.9 Å². The maximum Gasteiger partial charge on any atom is 0.257 e. The van der Waals surface area contributed by atoms with Crippen molar-refractivity contribution in [3.63, 3.8) is 0 Å². The third-order valence-electron chi connectivity index (χ3n) is 3.04. The van der Waals surface area contributed by atoms with Gasteiger partial charge in [0.05, 0.1) is 23.1 Å². The number of halogens is 1. The van der Waals surface area contributed by atoms with E-state index in [1.807, 2.05) is 0 Å². The molecule has 1 rings (SSSR count). The predicted molar refractivity (Wildman–Crippen MR) is 75.8 cm³/mol. The number of hydrogen-bond donors (Lipinski definition) is 1. The molecule has 0 aliphatic carbocycles. The zero-order valence-corrected chi connectivity index (χ0v) is 13.0. The normalized spacial score (nSPS) is 13.0. The number of nitrogens with two attached hydrogens (primary N) is 1. The predicted octanol–water partition coefficient (Wildman–Crippen LogP) is 0.970. The zero-order chi connectivity index (χ0) is 16.2. The van der Waals surface area contributed by atoms with Crippen LogP contribution in [0.3, 0.4) is 0 Å². The molecule has 8 heteroatoms. The molecule has 1 aromatic rings. The molecule has 0 aliphatic heterocycles. The number of rotatable bonds is 6. The minimum atomic E-state index is -4.00. The van der Waals surface area contributed by atoms with Gasteiger partial charge in [-0.2, -0.15) is 0 Å².